The monoisotopic (exact) mass is 340 g/mol. The van der Waals surface area contributed by atoms with Crippen molar-refractivity contribution in [3.8, 4) is 12.1 Å². The van der Waals surface area contributed by atoms with Crippen molar-refractivity contribution in [2.24, 2.45) is 11.3 Å². The number of benzene rings is 1. The molecule has 0 aromatic heterocycles. The van der Waals surface area contributed by atoms with Crippen molar-refractivity contribution in [1.82, 2.24) is 0 Å². The lowest BCUT2D eigenvalue weighted by molar-refractivity contribution is -0.386. The van der Waals surface area contributed by atoms with Gasteiger partial charge in [-0.3, -0.25) is 4.79 Å². The van der Waals surface area contributed by atoms with Gasteiger partial charge in [-0.05, 0) is 19.4 Å². The number of hydrogen-bond donors (Lipinski definition) is 0. The van der Waals surface area contributed by atoms with Gasteiger partial charge in [0, 0.05) is 32.1 Å². The SMILES string of the molecule is COC1(OC)C(C)(C)OC2c3ccccc3C(=O)CC2C1(C#N)C#N. The smallest absolute Gasteiger partial charge is 0.230 e. The summed E-state index contributed by atoms with van der Waals surface area (Å²) in [5, 5.41) is 20.1. The van der Waals surface area contributed by atoms with Gasteiger partial charge in [0.05, 0.1) is 18.2 Å². The largest absolute Gasteiger partial charge is 0.361 e. The Balaban J connectivity index is 2.30. The molecule has 6 heteroatoms. The normalized spacial score (nSPS) is 28.2. The lowest BCUT2D eigenvalue weighted by Crippen LogP contribution is -2.71. The summed E-state index contributed by atoms with van der Waals surface area (Å²) in [7, 11) is 2.77. The number of methoxy groups -OCH3 is 2. The van der Waals surface area contributed by atoms with Crippen molar-refractivity contribution >= 4 is 5.78 Å². The third-order valence-electron chi connectivity index (χ3n) is 5.56. The Bertz CT molecular complexity index is 784. The minimum Gasteiger partial charge on any atom is -0.361 e. The van der Waals surface area contributed by atoms with Crippen molar-refractivity contribution < 1.29 is 19.0 Å². The van der Waals surface area contributed by atoms with E-state index in [4.69, 9.17) is 14.2 Å². The molecule has 0 spiro atoms. The molecule has 2 atom stereocenters. The molecular weight excluding hydrogens is 320 g/mol. The standard InChI is InChI=1S/C19H20N2O4/c1-17(2)19(23-3,24-4)18(10-20,11-21)14-9-15(22)12-7-5-6-8-13(12)16(14)25-17/h5-8,14,16H,9H2,1-4H3. The van der Waals surface area contributed by atoms with E-state index < -0.39 is 28.8 Å². The van der Waals surface area contributed by atoms with E-state index in [1.165, 1.54) is 14.2 Å². The van der Waals surface area contributed by atoms with Crippen LogP contribution in [0.15, 0.2) is 24.3 Å². The number of nitriles is 2. The molecule has 6 nitrogen and oxygen atoms in total. The summed E-state index contributed by atoms with van der Waals surface area (Å²) >= 11 is 0. The third kappa shape index (κ3) is 1.96. The number of carbonyl (C=O) groups is 1. The van der Waals surface area contributed by atoms with Gasteiger partial charge >= 0.3 is 0 Å². The third-order valence-corrected chi connectivity index (χ3v) is 5.56. The van der Waals surface area contributed by atoms with Crippen LogP contribution in [0.25, 0.3) is 0 Å². The average molecular weight is 340 g/mol. The number of hydrogen-bond acceptors (Lipinski definition) is 6. The molecule has 25 heavy (non-hydrogen) atoms. The highest BCUT2D eigenvalue weighted by atomic mass is 16.7. The van der Waals surface area contributed by atoms with Crippen LogP contribution >= 0.6 is 0 Å². The predicted molar refractivity (Wildman–Crippen MR) is 87.2 cm³/mol. The van der Waals surface area contributed by atoms with Gasteiger partial charge in [0.15, 0.2) is 5.78 Å². The fourth-order valence-electron chi connectivity index (χ4n) is 4.51. The van der Waals surface area contributed by atoms with E-state index in [1.54, 1.807) is 26.0 Å². The van der Waals surface area contributed by atoms with Gasteiger partial charge in [-0.2, -0.15) is 10.5 Å². The predicted octanol–water partition coefficient (Wildman–Crippen LogP) is 2.76. The number of Topliss-reactive ketones (excluding diaryl/α,β-unsaturated/α-hetero) is 1. The first-order valence-electron chi connectivity index (χ1n) is 8.07. The number of rotatable bonds is 2. The van der Waals surface area contributed by atoms with Crippen LogP contribution < -0.4 is 0 Å². The van der Waals surface area contributed by atoms with Gasteiger partial charge in [0.2, 0.25) is 11.2 Å². The molecular formula is C19H20N2O4. The minimum atomic E-state index is -1.70. The molecule has 1 saturated heterocycles. The zero-order valence-corrected chi connectivity index (χ0v) is 14.7. The lowest BCUT2D eigenvalue weighted by atomic mass is 9.57. The van der Waals surface area contributed by atoms with Gasteiger partial charge < -0.3 is 14.2 Å². The summed E-state index contributed by atoms with van der Waals surface area (Å²) in [6.45, 7) is 3.47. The Kier molecular flexibility index (Phi) is 3.96. The van der Waals surface area contributed by atoms with E-state index >= 15 is 0 Å². The molecule has 0 amide bonds. The van der Waals surface area contributed by atoms with E-state index in [9.17, 15) is 15.3 Å². The molecule has 1 aliphatic heterocycles. The van der Waals surface area contributed by atoms with E-state index in [2.05, 4.69) is 12.1 Å². The second-order valence-electron chi connectivity index (χ2n) is 6.93. The molecule has 0 N–H and O–H groups in total. The van der Waals surface area contributed by atoms with Gasteiger partial charge in [0.1, 0.15) is 5.60 Å². The van der Waals surface area contributed by atoms with Gasteiger partial charge in [-0.25, -0.2) is 0 Å². The number of ketones is 1. The van der Waals surface area contributed by atoms with Crippen molar-refractivity contribution in [3.63, 3.8) is 0 Å². The Morgan fingerprint density at radius 2 is 1.76 bits per heavy atom. The molecule has 1 heterocycles. The fourth-order valence-corrected chi connectivity index (χ4v) is 4.51. The van der Waals surface area contributed by atoms with Crippen LogP contribution in [0, 0.1) is 34.0 Å². The molecule has 2 unspecified atom stereocenters. The van der Waals surface area contributed by atoms with Crippen molar-refractivity contribution in [2.45, 2.75) is 37.8 Å². The van der Waals surface area contributed by atoms with Crippen LogP contribution in [-0.2, 0) is 14.2 Å². The first kappa shape index (κ1) is 17.6. The minimum absolute atomic E-state index is 0.0212. The summed E-state index contributed by atoms with van der Waals surface area (Å²) in [5.74, 6) is -2.44. The maximum absolute atomic E-state index is 12.7. The van der Waals surface area contributed by atoms with E-state index in [0.717, 1.165) is 0 Å². The molecule has 130 valence electrons. The first-order chi connectivity index (χ1) is 11.8. The highest BCUT2D eigenvalue weighted by Crippen LogP contribution is 2.61. The van der Waals surface area contributed by atoms with Gasteiger partial charge in [-0.1, -0.05) is 24.3 Å². The topological polar surface area (TPSA) is 92.3 Å². The summed E-state index contributed by atoms with van der Waals surface area (Å²) in [6.07, 6.45) is -0.547. The number of ether oxygens (including phenoxy) is 3. The lowest BCUT2D eigenvalue weighted by Gasteiger charge is -2.59. The Hall–Kier alpha value is -2.25. The number of fused-ring (bicyclic) bond motifs is 3. The molecule has 1 aliphatic carbocycles. The second kappa shape index (κ2) is 5.64. The average Bonchev–Trinajstić information content (AvgIpc) is 2.61. The molecule has 3 rings (SSSR count). The van der Waals surface area contributed by atoms with Crippen LogP contribution in [0.1, 0.15) is 42.3 Å². The van der Waals surface area contributed by atoms with E-state index in [-0.39, 0.29) is 12.2 Å². The molecule has 0 bridgehead atoms. The number of nitrogens with zero attached hydrogens (tertiary/aromatic N) is 2. The van der Waals surface area contributed by atoms with E-state index in [0.29, 0.717) is 11.1 Å². The molecule has 1 fully saturated rings. The Morgan fingerprint density at radius 1 is 1.16 bits per heavy atom. The van der Waals surface area contributed by atoms with Gasteiger partial charge in [-0.15, -0.1) is 0 Å². The molecule has 1 aromatic carbocycles. The highest BCUT2D eigenvalue weighted by molar-refractivity contribution is 5.99. The zero-order valence-electron chi connectivity index (χ0n) is 14.7. The zero-order chi connectivity index (χ0) is 18.5. The van der Waals surface area contributed by atoms with Crippen molar-refractivity contribution in [2.75, 3.05) is 14.2 Å². The molecule has 0 radical (unpaired) electrons. The van der Waals surface area contributed by atoms with Gasteiger partial charge in [0.25, 0.3) is 0 Å². The fraction of sp³-hybridized carbons (Fsp3) is 0.526. The second-order valence-corrected chi connectivity index (χ2v) is 6.93. The molecule has 2 aliphatic rings. The van der Waals surface area contributed by atoms with E-state index in [1.807, 2.05) is 12.1 Å². The Morgan fingerprint density at radius 3 is 2.32 bits per heavy atom. The number of carbonyl (C=O) groups excluding carboxylic acids is 1. The molecule has 1 aromatic rings. The summed E-state index contributed by atoms with van der Waals surface area (Å²) < 4.78 is 17.5. The highest BCUT2D eigenvalue weighted by Gasteiger charge is 2.73. The van der Waals surface area contributed by atoms with Crippen LogP contribution in [0.5, 0.6) is 0 Å². The summed E-state index contributed by atoms with van der Waals surface area (Å²) in [6, 6.07) is 11.4. The first-order valence-corrected chi connectivity index (χ1v) is 8.07. The summed E-state index contributed by atoms with van der Waals surface area (Å²) in [5.41, 5.74) is -1.53. The Labute approximate surface area is 146 Å². The maximum atomic E-state index is 12.7. The summed E-state index contributed by atoms with van der Waals surface area (Å²) in [4.78, 5) is 12.7. The van der Waals surface area contributed by atoms with Crippen LogP contribution in [0.2, 0.25) is 0 Å². The quantitative estimate of drug-likeness (QED) is 0.769. The van der Waals surface area contributed by atoms with Crippen molar-refractivity contribution in [1.29, 1.82) is 10.5 Å². The van der Waals surface area contributed by atoms with Crippen LogP contribution in [0.4, 0.5) is 0 Å². The van der Waals surface area contributed by atoms with Crippen LogP contribution in [0.3, 0.4) is 0 Å². The maximum Gasteiger partial charge on any atom is 0.230 e. The van der Waals surface area contributed by atoms with Crippen LogP contribution in [-0.4, -0.2) is 31.4 Å². The van der Waals surface area contributed by atoms with Crippen molar-refractivity contribution in [3.05, 3.63) is 35.4 Å². The molecule has 0 saturated carbocycles.